The lowest BCUT2D eigenvalue weighted by Crippen LogP contribution is -2.34. The lowest BCUT2D eigenvalue weighted by molar-refractivity contribution is 0.382. The quantitative estimate of drug-likeness (QED) is 0.815. The molecular weight excluding hydrogens is 246 g/mol. The minimum absolute atomic E-state index is 0.107. The number of H-pyrrole nitrogens is 1. The summed E-state index contributed by atoms with van der Waals surface area (Å²) in [5, 5.41) is 4.32. The van der Waals surface area contributed by atoms with Gasteiger partial charge in [0.1, 0.15) is 11.5 Å². The van der Waals surface area contributed by atoms with Gasteiger partial charge in [0.05, 0.1) is 12.3 Å². The molecule has 0 aliphatic heterocycles. The normalized spacial score (nSPS) is 11.9. The monoisotopic (exact) mass is 265 g/mol. The van der Waals surface area contributed by atoms with Crippen LogP contribution in [0.4, 0.5) is 0 Å². The molecule has 98 valence electrons. The van der Waals surface area contributed by atoms with Gasteiger partial charge in [-0.1, -0.05) is 11.8 Å². The summed E-state index contributed by atoms with van der Waals surface area (Å²) in [6.45, 7) is 7.19. The lowest BCUT2D eigenvalue weighted by atomic mass is 10.1. The minimum Gasteiger partial charge on any atom is -0.464 e. The Morgan fingerprint density at radius 1 is 1.33 bits per heavy atom. The van der Waals surface area contributed by atoms with Crippen molar-refractivity contribution in [1.29, 1.82) is 0 Å². The Hall–Kier alpha value is -1.20. The molecule has 0 bridgehead atoms. The zero-order chi connectivity index (χ0) is 13.0. The van der Waals surface area contributed by atoms with Gasteiger partial charge in [0.25, 0.3) is 0 Å². The summed E-state index contributed by atoms with van der Waals surface area (Å²) in [6.07, 6.45) is 3.58. The first-order valence-corrected chi connectivity index (χ1v) is 6.96. The zero-order valence-electron chi connectivity index (χ0n) is 11.0. The standard InChI is InChI=1S/C13H19N3OS/c1-13(2,3)16-8-10-4-5-11(17-10)9-18-12-14-6-7-15-12/h4-7,16H,8-9H2,1-3H3,(H,14,15). The maximum Gasteiger partial charge on any atom is 0.165 e. The fourth-order valence-corrected chi connectivity index (χ4v) is 2.14. The predicted molar refractivity (Wildman–Crippen MR) is 73.4 cm³/mol. The second kappa shape index (κ2) is 5.63. The second-order valence-corrected chi connectivity index (χ2v) is 6.12. The average Bonchev–Trinajstić information content (AvgIpc) is 2.94. The molecule has 18 heavy (non-hydrogen) atoms. The summed E-state index contributed by atoms with van der Waals surface area (Å²) < 4.78 is 5.75. The molecule has 0 amide bonds. The topological polar surface area (TPSA) is 53.9 Å². The molecule has 0 radical (unpaired) electrons. The van der Waals surface area contributed by atoms with Gasteiger partial charge < -0.3 is 14.7 Å². The van der Waals surface area contributed by atoms with E-state index < -0.39 is 0 Å². The summed E-state index contributed by atoms with van der Waals surface area (Å²) in [6, 6.07) is 4.05. The number of rotatable bonds is 5. The van der Waals surface area contributed by atoms with E-state index in [0.29, 0.717) is 0 Å². The molecular formula is C13H19N3OS. The van der Waals surface area contributed by atoms with Gasteiger partial charge in [-0.15, -0.1) is 0 Å². The average molecular weight is 265 g/mol. The van der Waals surface area contributed by atoms with Crippen molar-refractivity contribution in [1.82, 2.24) is 15.3 Å². The SMILES string of the molecule is CC(C)(C)NCc1ccc(CSc2ncc[nH]2)o1. The highest BCUT2D eigenvalue weighted by atomic mass is 32.2. The summed E-state index contributed by atoms with van der Waals surface area (Å²) in [5.41, 5.74) is 0.107. The number of imidazole rings is 1. The van der Waals surface area contributed by atoms with Crippen molar-refractivity contribution >= 4 is 11.8 Å². The first kappa shape index (κ1) is 13.2. The number of aromatic amines is 1. The lowest BCUT2D eigenvalue weighted by Gasteiger charge is -2.19. The van der Waals surface area contributed by atoms with Crippen LogP contribution in [0.1, 0.15) is 32.3 Å². The molecule has 4 nitrogen and oxygen atoms in total. The molecule has 0 unspecified atom stereocenters. The molecule has 2 N–H and O–H groups in total. The molecule has 0 aliphatic carbocycles. The van der Waals surface area contributed by atoms with E-state index in [1.165, 1.54) is 0 Å². The van der Waals surface area contributed by atoms with E-state index in [2.05, 4.69) is 36.1 Å². The smallest absolute Gasteiger partial charge is 0.165 e. The summed E-state index contributed by atoms with van der Waals surface area (Å²) >= 11 is 1.64. The summed E-state index contributed by atoms with van der Waals surface area (Å²) in [7, 11) is 0. The number of hydrogen-bond donors (Lipinski definition) is 2. The largest absolute Gasteiger partial charge is 0.464 e. The molecule has 0 saturated carbocycles. The van der Waals surface area contributed by atoms with E-state index in [1.807, 2.05) is 18.3 Å². The number of hydrogen-bond acceptors (Lipinski definition) is 4. The van der Waals surface area contributed by atoms with Gasteiger partial charge in [-0.3, -0.25) is 0 Å². The molecule has 0 spiro atoms. The molecule has 0 fully saturated rings. The predicted octanol–water partition coefficient (Wildman–Crippen LogP) is 3.18. The summed E-state index contributed by atoms with van der Waals surface area (Å²) in [4.78, 5) is 7.22. The van der Waals surface area contributed by atoms with Crippen LogP contribution >= 0.6 is 11.8 Å². The van der Waals surface area contributed by atoms with Gasteiger partial charge >= 0.3 is 0 Å². The number of nitrogens with one attached hydrogen (secondary N) is 2. The van der Waals surface area contributed by atoms with E-state index in [4.69, 9.17) is 4.42 Å². The highest BCUT2D eigenvalue weighted by molar-refractivity contribution is 7.98. The van der Waals surface area contributed by atoms with Crippen LogP contribution in [-0.4, -0.2) is 15.5 Å². The third-order valence-electron chi connectivity index (χ3n) is 2.33. The van der Waals surface area contributed by atoms with Crippen LogP contribution in [0, 0.1) is 0 Å². The van der Waals surface area contributed by atoms with E-state index in [0.717, 1.165) is 29.0 Å². The molecule has 0 saturated heterocycles. The Balaban J connectivity index is 1.82. The number of furan rings is 1. The van der Waals surface area contributed by atoms with Gasteiger partial charge in [0, 0.05) is 17.9 Å². The Morgan fingerprint density at radius 2 is 2.11 bits per heavy atom. The molecule has 2 aromatic rings. The maximum atomic E-state index is 5.75. The van der Waals surface area contributed by atoms with Gasteiger partial charge in [0.15, 0.2) is 5.16 Å². The van der Waals surface area contributed by atoms with Crippen molar-refractivity contribution in [3.8, 4) is 0 Å². The van der Waals surface area contributed by atoms with E-state index >= 15 is 0 Å². The molecule has 0 aliphatic rings. The van der Waals surface area contributed by atoms with Crippen molar-refractivity contribution in [3.63, 3.8) is 0 Å². The second-order valence-electron chi connectivity index (χ2n) is 5.15. The Bertz CT molecular complexity index is 471. The third-order valence-corrected chi connectivity index (χ3v) is 3.26. The van der Waals surface area contributed by atoms with Crippen molar-refractivity contribution in [2.24, 2.45) is 0 Å². The molecule has 2 aromatic heterocycles. The Morgan fingerprint density at radius 3 is 2.78 bits per heavy atom. The highest BCUT2D eigenvalue weighted by Crippen LogP contribution is 2.20. The number of aromatic nitrogens is 2. The van der Waals surface area contributed by atoms with Crippen molar-refractivity contribution in [2.45, 2.75) is 43.8 Å². The van der Waals surface area contributed by atoms with Crippen molar-refractivity contribution in [3.05, 3.63) is 36.0 Å². The van der Waals surface area contributed by atoms with Crippen LogP contribution in [0.5, 0.6) is 0 Å². The van der Waals surface area contributed by atoms with Crippen molar-refractivity contribution < 1.29 is 4.42 Å². The van der Waals surface area contributed by atoms with Crippen LogP contribution in [0.3, 0.4) is 0 Å². The van der Waals surface area contributed by atoms with Crippen LogP contribution < -0.4 is 5.32 Å². The fraction of sp³-hybridized carbons (Fsp3) is 0.462. The Kier molecular flexibility index (Phi) is 4.14. The maximum absolute atomic E-state index is 5.75. The third kappa shape index (κ3) is 4.23. The van der Waals surface area contributed by atoms with Gasteiger partial charge in [0.2, 0.25) is 0 Å². The number of nitrogens with zero attached hydrogens (tertiary/aromatic N) is 1. The zero-order valence-corrected chi connectivity index (χ0v) is 11.8. The van der Waals surface area contributed by atoms with Crippen LogP contribution in [0.2, 0.25) is 0 Å². The molecule has 0 atom stereocenters. The first-order chi connectivity index (χ1) is 8.53. The Labute approximate surface area is 112 Å². The number of thioether (sulfide) groups is 1. The molecule has 0 aromatic carbocycles. The van der Waals surface area contributed by atoms with Gasteiger partial charge in [-0.2, -0.15) is 0 Å². The van der Waals surface area contributed by atoms with Crippen LogP contribution in [-0.2, 0) is 12.3 Å². The highest BCUT2D eigenvalue weighted by Gasteiger charge is 2.10. The van der Waals surface area contributed by atoms with Gasteiger partial charge in [-0.25, -0.2) is 4.98 Å². The van der Waals surface area contributed by atoms with Crippen LogP contribution in [0.25, 0.3) is 0 Å². The van der Waals surface area contributed by atoms with Crippen LogP contribution in [0.15, 0.2) is 34.1 Å². The molecule has 5 heteroatoms. The molecule has 2 rings (SSSR count). The summed E-state index contributed by atoms with van der Waals surface area (Å²) in [5.74, 6) is 2.74. The first-order valence-electron chi connectivity index (χ1n) is 5.98. The fourth-order valence-electron chi connectivity index (χ4n) is 1.42. The molecule has 2 heterocycles. The van der Waals surface area contributed by atoms with Gasteiger partial charge in [-0.05, 0) is 32.9 Å². The minimum atomic E-state index is 0.107. The van der Waals surface area contributed by atoms with E-state index in [9.17, 15) is 0 Å². The van der Waals surface area contributed by atoms with E-state index in [-0.39, 0.29) is 5.54 Å². The van der Waals surface area contributed by atoms with Crippen molar-refractivity contribution in [2.75, 3.05) is 0 Å². The van der Waals surface area contributed by atoms with E-state index in [1.54, 1.807) is 18.0 Å².